The second-order valence-electron chi connectivity index (χ2n) is 8.20. The van der Waals surface area contributed by atoms with Crippen LogP contribution in [0, 0.1) is 0 Å². The van der Waals surface area contributed by atoms with Crippen molar-refractivity contribution in [2.45, 2.75) is 58.7 Å². The number of sulfonamides is 1. The molecule has 2 rings (SSSR count). The smallest absolute Gasteiger partial charge is 0.338 e. The summed E-state index contributed by atoms with van der Waals surface area (Å²) in [5, 5.41) is 4.70. The Labute approximate surface area is 170 Å². The van der Waals surface area contributed by atoms with Gasteiger partial charge in [-0.3, -0.25) is 14.4 Å². The molecule has 9 nitrogen and oxygen atoms in total. The van der Waals surface area contributed by atoms with E-state index < -0.39 is 39.6 Å². The standard InChI is InChI=1S/C19H27N3O6S/c1-11-9-14-10-13(7-8-15(14)22(11)29(6,26)27)17(24)28-12(2)16(23)20-18(25)21-19(3,4)5/h7-8,10-12H,9H2,1-6H3,(H2,20,21,23,25)/t11-,12+/m1/s1. The third-order valence-corrected chi connectivity index (χ3v) is 5.48. The van der Waals surface area contributed by atoms with Gasteiger partial charge < -0.3 is 10.1 Å². The number of anilines is 1. The zero-order valence-corrected chi connectivity index (χ0v) is 18.2. The molecule has 29 heavy (non-hydrogen) atoms. The van der Waals surface area contributed by atoms with Crippen LogP contribution in [0.15, 0.2) is 18.2 Å². The number of fused-ring (bicyclic) bond motifs is 1. The maximum atomic E-state index is 12.4. The molecule has 1 aliphatic heterocycles. The van der Waals surface area contributed by atoms with Crippen LogP contribution in [0.4, 0.5) is 10.5 Å². The van der Waals surface area contributed by atoms with E-state index in [0.717, 1.165) is 6.26 Å². The molecule has 1 aromatic rings. The van der Waals surface area contributed by atoms with E-state index in [-0.39, 0.29) is 11.6 Å². The fourth-order valence-corrected chi connectivity index (χ4v) is 4.37. The van der Waals surface area contributed by atoms with Crippen molar-refractivity contribution < 1.29 is 27.5 Å². The molecule has 2 N–H and O–H groups in total. The van der Waals surface area contributed by atoms with Gasteiger partial charge in [-0.1, -0.05) is 0 Å². The van der Waals surface area contributed by atoms with Crippen LogP contribution in [-0.4, -0.2) is 50.3 Å². The highest BCUT2D eigenvalue weighted by atomic mass is 32.2. The fourth-order valence-electron chi connectivity index (χ4n) is 3.10. The number of hydrogen-bond acceptors (Lipinski definition) is 6. The van der Waals surface area contributed by atoms with Crippen LogP contribution in [0.3, 0.4) is 0 Å². The van der Waals surface area contributed by atoms with Crippen LogP contribution in [0.5, 0.6) is 0 Å². The van der Waals surface area contributed by atoms with Gasteiger partial charge in [0.1, 0.15) is 0 Å². The van der Waals surface area contributed by atoms with Crippen molar-refractivity contribution in [2.24, 2.45) is 0 Å². The van der Waals surface area contributed by atoms with Gasteiger partial charge in [0.2, 0.25) is 10.0 Å². The summed E-state index contributed by atoms with van der Waals surface area (Å²) in [4.78, 5) is 36.2. The van der Waals surface area contributed by atoms with Gasteiger partial charge in [0.15, 0.2) is 6.10 Å². The van der Waals surface area contributed by atoms with Gasteiger partial charge in [-0.25, -0.2) is 18.0 Å². The van der Waals surface area contributed by atoms with Crippen molar-refractivity contribution >= 4 is 33.6 Å². The molecule has 0 radical (unpaired) electrons. The number of esters is 1. The van der Waals surface area contributed by atoms with Gasteiger partial charge >= 0.3 is 12.0 Å². The lowest BCUT2D eigenvalue weighted by Crippen LogP contribution is -2.50. The van der Waals surface area contributed by atoms with Crippen molar-refractivity contribution in [1.82, 2.24) is 10.6 Å². The maximum Gasteiger partial charge on any atom is 0.338 e. The van der Waals surface area contributed by atoms with Gasteiger partial charge in [0.25, 0.3) is 5.91 Å². The molecule has 1 aromatic carbocycles. The number of nitrogens with zero attached hydrogens (tertiary/aromatic N) is 1. The average Bonchev–Trinajstić information content (AvgIpc) is 2.87. The molecule has 2 atom stereocenters. The lowest BCUT2D eigenvalue weighted by Gasteiger charge is -2.22. The number of amides is 3. The Hall–Kier alpha value is -2.62. The van der Waals surface area contributed by atoms with E-state index in [1.54, 1.807) is 39.8 Å². The number of imide groups is 1. The van der Waals surface area contributed by atoms with Crippen LogP contribution in [0.1, 0.15) is 50.5 Å². The summed E-state index contributed by atoms with van der Waals surface area (Å²) in [7, 11) is -3.43. The van der Waals surface area contributed by atoms with E-state index >= 15 is 0 Å². The Kier molecular flexibility index (Phi) is 6.27. The first-order valence-corrected chi connectivity index (χ1v) is 11.0. The van der Waals surface area contributed by atoms with Gasteiger partial charge in [-0.2, -0.15) is 0 Å². The second kappa shape index (κ2) is 8.02. The molecule has 0 aliphatic carbocycles. The second-order valence-corrected chi connectivity index (χ2v) is 10.1. The minimum Gasteiger partial charge on any atom is -0.449 e. The molecule has 0 fully saturated rings. The van der Waals surface area contributed by atoms with E-state index in [1.165, 1.54) is 17.3 Å². The Morgan fingerprint density at radius 3 is 2.41 bits per heavy atom. The zero-order chi connectivity index (χ0) is 22.1. The van der Waals surface area contributed by atoms with E-state index in [1.807, 2.05) is 0 Å². The fraction of sp³-hybridized carbons (Fsp3) is 0.526. The van der Waals surface area contributed by atoms with Crippen molar-refractivity contribution in [3.63, 3.8) is 0 Å². The Morgan fingerprint density at radius 2 is 1.86 bits per heavy atom. The first-order valence-electron chi connectivity index (χ1n) is 9.15. The maximum absolute atomic E-state index is 12.4. The molecule has 0 unspecified atom stereocenters. The molecule has 1 aliphatic rings. The third-order valence-electron chi connectivity index (χ3n) is 4.20. The number of carbonyl (C=O) groups excluding carboxylic acids is 3. The topological polar surface area (TPSA) is 122 Å². The Balaban J connectivity index is 2.06. The van der Waals surface area contributed by atoms with Crippen molar-refractivity contribution in [3.8, 4) is 0 Å². The summed E-state index contributed by atoms with van der Waals surface area (Å²) in [5.41, 5.74) is 0.913. The highest BCUT2D eigenvalue weighted by molar-refractivity contribution is 7.92. The van der Waals surface area contributed by atoms with Crippen LogP contribution in [0.2, 0.25) is 0 Å². The molecule has 0 spiro atoms. The monoisotopic (exact) mass is 425 g/mol. The van der Waals surface area contributed by atoms with E-state index in [2.05, 4.69) is 10.6 Å². The number of benzene rings is 1. The number of ether oxygens (including phenoxy) is 1. The third kappa shape index (κ3) is 5.69. The van der Waals surface area contributed by atoms with Crippen molar-refractivity contribution in [3.05, 3.63) is 29.3 Å². The molecule has 3 amide bonds. The number of carbonyl (C=O) groups is 3. The van der Waals surface area contributed by atoms with Crippen LogP contribution in [-0.2, 0) is 26.0 Å². The van der Waals surface area contributed by atoms with Crippen molar-refractivity contribution in [1.29, 1.82) is 0 Å². The van der Waals surface area contributed by atoms with Gasteiger partial charge in [-0.15, -0.1) is 0 Å². The summed E-state index contributed by atoms with van der Waals surface area (Å²) < 4.78 is 30.4. The number of hydrogen-bond donors (Lipinski definition) is 2. The summed E-state index contributed by atoms with van der Waals surface area (Å²) in [5.74, 6) is -1.49. The SMILES string of the molecule is C[C@H](OC(=O)c1ccc2c(c1)C[C@@H](C)N2S(C)(=O)=O)C(=O)NC(=O)NC(C)(C)C. The Bertz CT molecular complexity index is 936. The van der Waals surface area contributed by atoms with Gasteiger partial charge in [0.05, 0.1) is 17.5 Å². The van der Waals surface area contributed by atoms with Gasteiger partial charge in [-0.05, 0) is 64.8 Å². The lowest BCUT2D eigenvalue weighted by atomic mass is 10.1. The number of nitrogens with one attached hydrogen (secondary N) is 2. The largest absolute Gasteiger partial charge is 0.449 e. The first-order chi connectivity index (χ1) is 13.2. The number of rotatable bonds is 4. The quantitative estimate of drug-likeness (QED) is 0.706. The van der Waals surface area contributed by atoms with Crippen LogP contribution < -0.4 is 14.9 Å². The minimum atomic E-state index is -3.43. The number of urea groups is 1. The highest BCUT2D eigenvalue weighted by Gasteiger charge is 2.33. The average molecular weight is 426 g/mol. The van der Waals surface area contributed by atoms with E-state index in [0.29, 0.717) is 17.7 Å². The van der Waals surface area contributed by atoms with Crippen molar-refractivity contribution in [2.75, 3.05) is 10.6 Å². The first kappa shape index (κ1) is 22.7. The Morgan fingerprint density at radius 1 is 1.24 bits per heavy atom. The predicted octanol–water partition coefficient (Wildman–Crippen LogP) is 1.57. The normalized spacial score (nSPS) is 17.3. The molecule has 0 bridgehead atoms. The molecular weight excluding hydrogens is 398 g/mol. The lowest BCUT2D eigenvalue weighted by molar-refractivity contribution is -0.127. The molecule has 0 saturated carbocycles. The van der Waals surface area contributed by atoms with Gasteiger partial charge in [0, 0.05) is 11.6 Å². The minimum absolute atomic E-state index is 0.199. The predicted molar refractivity (Wildman–Crippen MR) is 108 cm³/mol. The highest BCUT2D eigenvalue weighted by Crippen LogP contribution is 2.34. The summed E-state index contributed by atoms with van der Waals surface area (Å²) >= 11 is 0. The molecule has 160 valence electrons. The summed E-state index contributed by atoms with van der Waals surface area (Å²) in [6.07, 6.45) is 0.413. The molecule has 1 heterocycles. The summed E-state index contributed by atoms with van der Waals surface area (Å²) in [6.45, 7) is 8.44. The van der Waals surface area contributed by atoms with Crippen LogP contribution >= 0.6 is 0 Å². The molecular formula is C19H27N3O6S. The summed E-state index contributed by atoms with van der Waals surface area (Å²) in [6, 6.07) is 3.64. The molecule has 10 heteroatoms. The molecule has 0 saturated heterocycles. The molecule has 0 aromatic heterocycles. The van der Waals surface area contributed by atoms with Crippen LogP contribution in [0.25, 0.3) is 0 Å². The zero-order valence-electron chi connectivity index (χ0n) is 17.4. The van der Waals surface area contributed by atoms with E-state index in [9.17, 15) is 22.8 Å². The van der Waals surface area contributed by atoms with E-state index in [4.69, 9.17) is 4.74 Å².